The van der Waals surface area contributed by atoms with Crippen LogP contribution in [0.4, 0.5) is 0 Å². The molecule has 0 unspecified atom stereocenters. The van der Waals surface area contributed by atoms with E-state index in [-0.39, 0.29) is 0 Å². The maximum absolute atomic E-state index is 9.82. The molecule has 4 heteroatoms. The van der Waals surface area contributed by atoms with E-state index in [1.54, 1.807) is 0 Å². The Morgan fingerprint density at radius 1 is 1.13 bits per heavy atom. The Kier molecular flexibility index (Phi) is 4.55. The molecule has 124 valence electrons. The Bertz CT molecular complexity index is 652. The van der Waals surface area contributed by atoms with Crippen LogP contribution in [0.15, 0.2) is 30.3 Å². The summed E-state index contributed by atoms with van der Waals surface area (Å²) in [5.41, 5.74) is 4.48. The van der Waals surface area contributed by atoms with E-state index in [9.17, 15) is 5.11 Å². The average molecular weight is 313 g/mol. The molecule has 0 fully saturated rings. The summed E-state index contributed by atoms with van der Waals surface area (Å²) in [6.07, 6.45) is 1.72. The van der Waals surface area contributed by atoms with E-state index in [0.717, 1.165) is 44.7 Å². The van der Waals surface area contributed by atoms with E-state index in [4.69, 9.17) is 0 Å². The van der Waals surface area contributed by atoms with E-state index in [1.807, 2.05) is 13.8 Å². The van der Waals surface area contributed by atoms with E-state index in [1.165, 1.54) is 16.8 Å². The van der Waals surface area contributed by atoms with Gasteiger partial charge >= 0.3 is 0 Å². The van der Waals surface area contributed by atoms with Crippen molar-refractivity contribution in [3.8, 4) is 0 Å². The van der Waals surface area contributed by atoms with Gasteiger partial charge in [0.2, 0.25) is 0 Å². The standard InChI is InChI=1S/C19H27N3O/c1-15-12-18-14-21(10-11-22(18)20-15)13-17-6-4-16(5-7-17)8-9-19(2,3)23/h4-7,12,23H,8-11,13-14H2,1-3H3. The summed E-state index contributed by atoms with van der Waals surface area (Å²) in [4.78, 5) is 2.47. The molecule has 0 saturated heterocycles. The molecule has 1 aliphatic heterocycles. The third-order valence-corrected chi connectivity index (χ3v) is 4.45. The van der Waals surface area contributed by atoms with Gasteiger partial charge in [-0.3, -0.25) is 9.58 Å². The molecule has 0 spiro atoms. The Balaban J connectivity index is 1.57. The summed E-state index contributed by atoms with van der Waals surface area (Å²) < 4.78 is 2.13. The fourth-order valence-corrected chi connectivity index (χ4v) is 3.12. The predicted octanol–water partition coefficient (Wildman–Crippen LogP) is 2.91. The van der Waals surface area contributed by atoms with E-state index in [2.05, 4.69) is 51.9 Å². The molecule has 0 saturated carbocycles. The van der Waals surface area contributed by atoms with Crippen molar-refractivity contribution in [2.75, 3.05) is 6.54 Å². The van der Waals surface area contributed by atoms with Crippen molar-refractivity contribution in [3.05, 3.63) is 52.8 Å². The molecule has 0 aliphatic carbocycles. The highest BCUT2D eigenvalue weighted by molar-refractivity contribution is 5.23. The summed E-state index contributed by atoms with van der Waals surface area (Å²) >= 11 is 0. The lowest BCUT2D eigenvalue weighted by molar-refractivity contribution is 0.0714. The number of fused-ring (bicyclic) bond motifs is 1. The number of benzene rings is 1. The van der Waals surface area contributed by atoms with Gasteiger partial charge in [0.1, 0.15) is 0 Å². The highest BCUT2D eigenvalue weighted by Gasteiger charge is 2.17. The lowest BCUT2D eigenvalue weighted by Crippen LogP contribution is -2.33. The summed E-state index contributed by atoms with van der Waals surface area (Å²) in [6, 6.07) is 11.0. The number of aryl methyl sites for hydroxylation is 2. The third-order valence-electron chi connectivity index (χ3n) is 4.45. The van der Waals surface area contributed by atoms with Gasteiger partial charge in [0.25, 0.3) is 0 Å². The molecule has 1 aromatic carbocycles. The van der Waals surface area contributed by atoms with Crippen LogP contribution in [0.3, 0.4) is 0 Å². The van der Waals surface area contributed by atoms with Crippen LogP contribution < -0.4 is 0 Å². The number of nitrogens with zero attached hydrogens (tertiary/aromatic N) is 3. The largest absolute Gasteiger partial charge is 0.390 e. The Hall–Kier alpha value is -1.65. The van der Waals surface area contributed by atoms with Crippen LogP contribution in [0.1, 0.15) is 42.8 Å². The second-order valence-electron chi connectivity index (χ2n) is 7.34. The molecule has 4 nitrogen and oxygen atoms in total. The zero-order valence-electron chi connectivity index (χ0n) is 14.4. The zero-order chi connectivity index (χ0) is 16.4. The molecule has 0 atom stereocenters. The first-order valence-electron chi connectivity index (χ1n) is 8.45. The van der Waals surface area contributed by atoms with Gasteiger partial charge in [0, 0.05) is 19.6 Å². The predicted molar refractivity (Wildman–Crippen MR) is 92.1 cm³/mol. The maximum Gasteiger partial charge on any atom is 0.0597 e. The van der Waals surface area contributed by atoms with Crippen LogP contribution in [0.25, 0.3) is 0 Å². The molecule has 3 rings (SSSR count). The molecule has 0 radical (unpaired) electrons. The highest BCUT2D eigenvalue weighted by Crippen LogP contribution is 2.18. The van der Waals surface area contributed by atoms with Crippen LogP contribution in [-0.2, 0) is 26.1 Å². The topological polar surface area (TPSA) is 41.3 Å². The minimum absolute atomic E-state index is 0.590. The molecule has 0 amide bonds. The number of hydrogen-bond acceptors (Lipinski definition) is 3. The Morgan fingerprint density at radius 3 is 2.52 bits per heavy atom. The van der Waals surface area contributed by atoms with Crippen molar-refractivity contribution in [1.29, 1.82) is 0 Å². The van der Waals surface area contributed by atoms with Crippen molar-refractivity contribution in [1.82, 2.24) is 14.7 Å². The van der Waals surface area contributed by atoms with Crippen LogP contribution in [0.2, 0.25) is 0 Å². The quantitative estimate of drug-likeness (QED) is 0.923. The minimum atomic E-state index is -0.590. The second-order valence-corrected chi connectivity index (χ2v) is 7.34. The Morgan fingerprint density at radius 2 is 1.83 bits per heavy atom. The summed E-state index contributed by atoms with van der Waals surface area (Å²) in [5.74, 6) is 0. The zero-order valence-corrected chi connectivity index (χ0v) is 14.4. The normalized spacial score (nSPS) is 15.7. The molecule has 2 aromatic rings. The number of aromatic nitrogens is 2. The summed E-state index contributed by atoms with van der Waals surface area (Å²) in [7, 11) is 0. The van der Waals surface area contributed by atoms with Crippen LogP contribution in [0.5, 0.6) is 0 Å². The smallest absolute Gasteiger partial charge is 0.0597 e. The lowest BCUT2D eigenvalue weighted by atomic mass is 9.98. The van der Waals surface area contributed by atoms with E-state index < -0.39 is 5.60 Å². The molecular weight excluding hydrogens is 286 g/mol. The van der Waals surface area contributed by atoms with Crippen molar-refractivity contribution in [2.24, 2.45) is 0 Å². The van der Waals surface area contributed by atoms with Crippen LogP contribution in [0, 0.1) is 6.92 Å². The van der Waals surface area contributed by atoms with Crippen LogP contribution in [-0.4, -0.2) is 31.9 Å². The molecule has 0 bridgehead atoms. The minimum Gasteiger partial charge on any atom is -0.390 e. The molecule has 1 aliphatic rings. The molecule has 1 aromatic heterocycles. The number of aliphatic hydroxyl groups is 1. The van der Waals surface area contributed by atoms with Crippen molar-refractivity contribution < 1.29 is 5.11 Å². The molecule has 2 heterocycles. The van der Waals surface area contributed by atoms with E-state index in [0.29, 0.717) is 0 Å². The van der Waals surface area contributed by atoms with Crippen molar-refractivity contribution >= 4 is 0 Å². The average Bonchev–Trinajstić information content (AvgIpc) is 2.85. The van der Waals surface area contributed by atoms with Gasteiger partial charge in [-0.2, -0.15) is 5.10 Å². The van der Waals surface area contributed by atoms with Gasteiger partial charge in [-0.05, 0) is 50.8 Å². The maximum atomic E-state index is 9.82. The van der Waals surface area contributed by atoms with Gasteiger partial charge in [-0.25, -0.2) is 0 Å². The third kappa shape index (κ3) is 4.43. The lowest BCUT2D eigenvalue weighted by Gasteiger charge is -2.27. The van der Waals surface area contributed by atoms with Gasteiger partial charge in [-0.1, -0.05) is 24.3 Å². The first-order valence-corrected chi connectivity index (χ1v) is 8.45. The highest BCUT2D eigenvalue weighted by atomic mass is 16.3. The van der Waals surface area contributed by atoms with Gasteiger partial charge in [0.15, 0.2) is 0 Å². The monoisotopic (exact) mass is 313 g/mol. The van der Waals surface area contributed by atoms with Crippen molar-refractivity contribution in [2.45, 2.75) is 58.8 Å². The van der Waals surface area contributed by atoms with Gasteiger partial charge in [0.05, 0.1) is 23.5 Å². The molecule has 1 N–H and O–H groups in total. The SMILES string of the molecule is Cc1cc2n(n1)CCN(Cc1ccc(CCC(C)(C)O)cc1)C2. The number of rotatable bonds is 5. The molecule has 23 heavy (non-hydrogen) atoms. The van der Waals surface area contributed by atoms with Crippen LogP contribution >= 0.6 is 0 Å². The van der Waals surface area contributed by atoms with Gasteiger partial charge < -0.3 is 5.11 Å². The first-order chi connectivity index (χ1) is 10.9. The first kappa shape index (κ1) is 16.2. The van der Waals surface area contributed by atoms with E-state index >= 15 is 0 Å². The summed E-state index contributed by atoms with van der Waals surface area (Å²) in [5, 5.41) is 14.3. The number of hydrogen-bond donors (Lipinski definition) is 1. The fourth-order valence-electron chi connectivity index (χ4n) is 3.12. The second kappa shape index (κ2) is 6.46. The molecular formula is C19H27N3O. The van der Waals surface area contributed by atoms with Gasteiger partial charge in [-0.15, -0.1) is 0 Å². The Labute approximate surface area is 138 Å². The summed E-state index contributed by atoms with van der Waals surface area (Å²) in [6.45, 7) is 9.77. The van der Waals surface area contributed by atoms with Crippen molar-refractivity contribution in [3.63, 3.8) is 0 Å². The fraction of sp³-hybridized carbons (Fsp3) is 0.526.